The van der Waals surface area contributed by atoms with Crippen LogP contribution < -0.4 is 5.73 Å². The van der Waals surface area contributed by atoms with Crippen LogP contribution in [0.25, 0.3) is 0 Å². The van der Waals surface area contributed by atoms with E-state index in [1.54, 1.807) is 0 Å². The van der Waals surface area contributed by atoms with Gasteiger partial charge in [0.2, 0.25) is 0 Å². The third kappa shape index (κ3) is 5.99. The van der Waals surface area contributed by atoms with Crippen LogP contribution in [0.1, 0.15) is 12.8 Å². The van der Waals surface area contributed by atoms with Gasteiger partial charge in [0.05, 0.1) is 0 Å². The molecule has 0 spiro atoms. The van der Waals surface area contributed by atoms with E-state index in [9.17, 15) is 0 Å². The fraction of sp³-hybridized carbons (Fsp3) is 0.600. The van der Waals surface area contributed by atoms with Gasteiger partial charge in [-0.2, -0.15) is 0 Å². The van der Waals surface area contributed by atoms with E-state index in [1.165, 1.54) is 0 Å². The van der Waals surface area contributed by atoms with Crippen LogP contribution in [0.15, 0.2) is 11.6 Å². The summed E-state index contributed by atoms with van der Waals surface area (Å²) in [5.41, 5.74) is 6.70. The highest BCUT2D eigenvalue weighted by atomic mass is 35.5. The zero-order valence-electron chi connectivity index (χ0n) is 4.21. The van der Waals surface area contributed by atoms with Gasteiger partial charge < -0.3 is 0 Å². The first-order valence-corrected chi connectivity index (χ1v) is 2.63. The van der Waals surface area contributed by atoms with Crippen molar-refractivity contribution in [2.75, 3.05) is 6.54 Å². The lowest BCUT2D eigenvalue weighted by Gasteiger charge is -1.89. The zero-order valence-corrected chi connectivity index (χ0v) is 4.96. The first-order valence-electron chi connectivity index (χ1n) is 2.25. The molecule has 1 radical (unpaired) electrons. The average Bonchev–Trinajstić information content (AvgIpc) is 1.61. The highest BCUT2D eigenvalue weighted by molar-refractivity contribution is 6.29. The number of hydrogen-bond acceptors (Lipinski definition) is 0. The van der Waals surface area contributed by atoms with E-state index in [2.05, 4.69) is 6.58 Å². The molecule has 0 aromatic rings. The molecule has 0 aliphatic heterocycles. The molecule has 1 nitrogen and oxygen atoms in total. The largest absolute Gasteiger partial charge is 0.258 e. The Balaban J connectivity index is 2.82. The smallest absolute Gasteiger partial charge is 0.0109 e. The van der Waals surface area contributed by atoms with Crippen LogP contribution in [-0.2, 0) is 0 Å². The number of rotatable bonds is 3. The zero-order chi connectivity index (χ0) is 5.70. The Morgan fingerprint density at radius 2 is 2.29 bits per heavy atom. The second kappa shape index (κ2) is 4.16. The van der Waals surface area contributed by atoms with Crippen molar-refractivity contribution in [2.45, 2.75) is 12.8 Å². The Hall–Kier alpha value is -0.0100. The fourth-order valence-electron chi connectivity index (χ4n) is 0.280. The molecule has 0 saturated heterocycles. The third-order valence-electron chi connectivity index (χ3n) is 0.625. The predicted molar refractivity (Wildman–Crippen MR) is 32.2 cm³/mol. The van der Waals surface area contributed by atoms with E-state index in [0.29, 0.717) is 11.6 Å². The van der Waals surface area contributed by atoms with E-state index in [0.717, 1.165) is 12.8 Å². The van der Waals surface area contributed by atoms with Crippen molar-refractivity contribution in [1.29, 1.82) is 0 Å². The van der Waals surface area contributed by atoms with Crippen molar-refractivity contribution < 1.29 is 0 Å². The second-order valence-electron chi connectivity index (χ2n) is 1.37. The molecule has 0 heterocycles. The van der Waals surface area contributed by atoms with Gasteiger partial charge >= 0.3 is 0 Å². The molecule has 0 atom stereocenters. The maximum Gasteiger partial charge on any atom is 0.0109 e. The number of nitrogens with one attached hydrogen (secondary N) is 1. The van der Waals surface area contributed by atoms with Gasteiger partial charge in [0, 0.05) is 11.6 Å². The van der Waals surface area contributed by atoms with E-state index >= 15 is 0 Å². The van der Waals surface area contributed by atoms with Crippen LogP contribution >= 0.6 is 11.6 Å². The molecule has 0 aromatic heterocycles. The van der Waals surface area contributed by atoms with Gasteiger partial charge in [-0.15, -0.1) is 0 Å². The molecule has 0 amide bonds. The van der Waals surface area contributed by atoms with Gasteiger partial charge in [0.1, 0.15) is 0 Å². The molecular formula is C5H9ClN. The standard InChI is InChI=1S/C5H9ClN/c1-5(6)3-2-4-7/h7H,1-4H2. The summed E-state index contributed by atoms with van der Waals surface area (Å²) in [6.07, 6.45) is 1.62. The fourth-order valence-corrected chi connectivity index (χ4v) is 0.414. The SMILES string of the molecule is C=C(Cl)CCC[NH]. The first kappa shape index (κ1) is 6.99. The predicted octanol–water partition coefficient (Wildman–Crippen LogP) is 1.80. The molecule has 1 N–H and O–H groups in total. The summed E-state index contributed by atoms with van der Waals surface area (Å²) in [7, 11) is 0. The van der Waals surface area contributed by atoms with Gasteiger partial charge in [0.25, 0.3) is 0 Å². The number of hydrogen-bond donors (Lipinski definition) is 0. The first-order chi connectivity index (χ1) is 3.27. The topological polar surface area (TPSA) is 23.8 Å². The Kier molecular flexibility index (Phi) is 4.15. The summed E-state index contributed by atoms with van der Waals surface area (Å²) in [4.78, 5) is 0. The highest BCUT2D eigenvalue weighted by Crippen LogP contribution is 2.04. The highest BCUT2D eigenvalue weighted by Gasteiger charge is 1.84. The summed E-state index contributed by atoms with van der Waals surface area (Å²) in [6, 6.07) is 0. The van der Waals surface area contributed by atoms with Crippen molar-refractivity contribution in [1.82, 2.24) is 5.73 Å². The van der Waals surface area contributed by atoms with Crippen molar-refractivity contribution in [3.8, 4) is 0 Å². The summed E-state index contributed by atoms with van der Waals surface area (Å²) >= 11 is 5.38. The minimum atomic E-state index is 0.450. The minimum absolute atomic E-state index is 0.450. The van der Waals surface area contributed by atoms with Gasteiger partial charge in [-0.3, -0.25) is 5.73 Å². The molecule has 0 rings (SSSR count). The van der Waals surface area contributed by atoms with E-state index in [4.69, 9.17) is 17.3 Å². The molecule has 0 aliphatic carbocycles. The van der Waals surface area contributed by atoms with Crippen LogP contribution in [0, 0.1) is 0 Å². The molecule has 2 heteroatoms. The van der Waals surface area contributed by atoms with E-state index < -0.39 is 0 Å². The van der Waals surface area contributed by atoms with Crippen molar-refractivity contribution in [3.05, 3.63) is 11.6 Å². The number of allylic oxidation sites excluding steroid dienone is 1. The molecule has 41 valence electrons. The monoisotopic (exact) mass is 118 g/mol. The van der Waals surface area contributed by atoms with E-state index in [-0.39, 0.29) is 0 Å². The minimum Gasteiger partial charge on any atom is -0.258 e. The lowest BCUT2D eigenvalue weighted by Crippen LogP contribution is -1.82. The molecule has 0 unspecified atom stereocenters. The molecule has 0 aromatic carbocycles. The van der Waals surface area contributed by atoms with Gasteiger partial charge in [-0.1, -0.05) is 18.2 Å². The van der Waals surface area contributed by atoms with Gasteiger partial charge in [-0.25, -0.2) is 0 Å². The van der Waals surface area contributed by atoms with Gasteiger partial charge in [0.15, 0.2) is 0 Å². The van der Waals surface area contributed by atoms with Crippen LogP contribution in [0.4, 0.5) is 0 Å². The van der Waals surface area contributed by atoms with Crippen LogP contribution in [0.3, 0.4) is 0 Å². The maximum atomic E-state index is 6.70. The molecular weight excluding hydrogens is 110 g/mol. The van der Waals surface area contributed by atoms with Crippen LogP contribution in [0.5, 0.6) is 0 Å². The quantitative estimate of drug-likeness (QED) is 0.540. The molecule has 0 fully saturated rings. The normalized spacial score (nSPS) is 8.86. The lowest BCUT2D eigenvalue weighted by atomic mass is 10.3. The summed E-state index contributed by atoms with van der Waals surface area (Å²) in [5, 5.41) is 0.659. The Bertz CT molecular complexity index is 61.1. The van der Waals surface area contributed by atoms with Crippen molar-refractivity contribution in [3.63, 3.8) is 0 Å². The average molecular weight is 119 g/mol. The van der Waals surface area contributed by atoms with Gasteiger partial charge in [-0.05, 0) is 12.8 Å². The van der Waals surface area contributed by atoms with Crippen molar-refractivity contribution >= 4 is 11.6 Å². The van der Waals surface area contributed by atoms with E-state index in [1.807, 2.05) is 0 Å². The maximum absolute atomic E-state index is 6.70. The second-order valence-corrected chi connectivity index (χ2v) is 1.91. The molecule has 7 heavy (non-hydrogen) atoms. The molecule has 0 bridgehead atoms. The number of halogens is 1. The molecule has 0 saturated carbocycles. The van der Waals surface area contributed by atoms with Crippen LogP contribution in [0.2, 0.25) is 0 Å². The van der Waals surface area contributed by atoms with Crippen LogP contribution in [-0.4, -0.2) is 6.54 Å². The summed E-state index contributed by atoms with van der Waals surface area (Å²) < 4.78 is 0. The lowest BCUT2D eigenvalue weighted by molar-refractivity contribution is 0.831. The summed E-state index contributed by atoms with van der Waals surface area (Å²) in [5.74, 6) is 0. The summed E-state index contributed by atoms with van der Waals surface area (Å²) in [6.45, 7) is 3.92. The van der Waals surface area contributed by atoms with Crippen molar-refractivity contribution in [2.24, 2.45) is 0 Å². The Labute approximate surface area is 49.2 Å². The molecule has 0 aliphatic rings. The third-order valence-corrected chi connectivity index (χ3v) is 0.814. The Morgan fingerprint density at radius 1 is 1.71 bits per heavy atom. The Morgan fingerprint density at radius 3 is 2.43 bits per heavy atom.